The predicted molar refractivity (Wildman–Crippen MR) is 201 cm³/mol. The topological polar surface area (TPSA) is 78.9 Å². The van der Waals surface area contributed by atoms with Crippen molar-refractivity contribution >= 4 is 17.9 Å². The third kappa shape index (κ3) is 34.2. The molecule has 0 bridgehead atoms. The highest BCUT2D eigenvalue weighted by Crippen LogP contribution is 2.13. The number of unbranched alkanes of at least 4 members (excludes halogenated alkanes) is 11. The zero-order valence-corrected chi connectivity index (χ0v) is 30.7. The van der Waals surface area contributed by atoms with E-state index >= 15 is 0 Å². The molecular formula is C42H68O6. The van der Waals surface area contributed by atoms with Gasteiger partial charge in [-0.25, -0.2) is 0 Å². The highest BCUT2D eigenvalue weighted by Gasteiger charge is 2.19. The molecule has 1 unspecified atom stereocenters. The number of carbonyl (C=O) groups is 3. The van der Waals surface area contributed by atoms with E-state index in [1.807, 2.05) is 12.2 Å². The van der Waals surface area contributed by atoms with Gasteiger partial charge in [0.2, 0.25) is 0 Å². The SMILES string of the molecule is CC/C=C\C/C=C\C/C=C\CC(=O)OCC(COC(=O)CCCCCCCCCCCCCC)OC(=O)C/C=C\C/C=C\C/C=C\CC. The fraction of sp³-hybridized carbons (Fsp3) is 0.643. The van der Waals surface area contributed by atoms with E-state index in [1.165, 1.54) is 57.8 Å². The van der Waals surface area contributed by atoms with Crippen molar-refractivity contribution in [3.63, 3.8) is 0 Å². The van der Waals surface area contributed by atoms with Crippen molar-refractivity contribution in [2.75, 3.05) is 13.2 Å². The van der Waals surface area contributed by atoms with Crippen LogP contribution in [0.2, 0.25) is 0 Å². The first-order chi connectivity index (χ1) is 23.5. The van der Waals surface area contributed by atoms with Gasteiger partial charge < -0.3 is 14.2 Å². The summed E-state index contributed by atoms with van der Waals surface area (Å²) in [4.78, 5) is 37.2. The van der Waals surface area contributed by atoms with Crippen LogP contribution in [0.3, 0.4) is 0 Å². The summed E-state index contributed by atoms with van der Waals surface area (Å²) in [5.41, 5.74) is 0. The summed E-state index contributed by atoms with van der Waals surface area (Å²) in [5, 5.41) is 0. The van der Waals surface area contributed by atoms with Gasteiger partial charge in [0, 0.05) is 6.42 Å². The second-order valence-corrected chi connectivity index (χ2v) is 12.1. The number of hydrogen-bond acceptors (Lipinski definition) is 6. The normalized spacial score (nSPS) is 12.8. The van der Waals surface area contributed by atoms with Crippen LogP contribution in [0.1, 0.15) is 156 Å². The van der Waals surface area contributed by atoms with Gasteiger partial charge in [-0.3, -0.25) is 14.4 Å². The van der Waals surface area contributed by atoms with Crippen molar-refractivity contribution in [3.8, 4) is 0 Å². The first-order valence-corrected chi connectivity index (χ1v) is 18.9. The maximum atomic E-state index is 12.5. The molecule has 48 heavy (non-hydrogen) atoms. The number of rotatable bonds is 32. The van der Waals surface area contributed by atoms with Crippen molar-refractivity contribution in [1.29, 1.82) is 0 Å². The minimum absolute atomic E-state index is 0.0886. The third-order valence-corrected chi connectivity index (χ3v) is 7.52. The Morgan fingerprint density at radius 1 is 0.438 bits per heavy atom. The molecule has 0 N–H and O–H groups in total. The van der Waals surface area contributed by atoms with Crippen molar-refractivity contribution in [2.45, 2.75) is 162 Å². The Morgan fingerprint density at radius 3 is 1.27 bits per heavy atom. The predicted octanol–water partition coefficient (Wildman–Crippen LogP) is 11.6. The second kappa shape index (κ2) is 36.7. The van der Waals surface area contributed by atoms with Gasteiger partial charge in [0.1, 0.15) is 13.2 Å². The van der Waals surface area contributed by atoms with Gasteiger partial charge in [0.15, 0.2) is 6.10 Å². The van der Waals surface area contributed by atoms with Crippen LogP contribution in [0.15, 0.2) is 72.9 Å². The number of ether oxygens (including phenoxy) is 3. The summed E-state index contributed by atoms with van der Waals surface area (Å²) in [6.45, 7) is 6.16. The van der Waals surface area contributed by atoms with Crippen molar-refractivity contribution in [3.05, 3.63) is 72.9 Å². The summed E-state index contributed by atoms with van der Waals surface area (Å²) < 4.78 is 16.3. The van der Waals surface area contributed by atoms with E-state index in [-0.39, 0.29) is 32.0 Å². The fourth-order valence-corrected chi connectivity index (χ4v) is 4.74. The Bertz CT molecular complexity index is 955. The molecule has 0 spiro atoms. The Balaban J connectivity index is 4.54. The first-order valence-electron chi connectivity index (χ1n) is 18.9. The summed E-state index contributed by atoms with van der Waals surface area (Å²) >= 11 is 0. The van der Waals surface area contributed by atoms with E-state index in [2.05, 4.69) is 69.4 Å². The smallest absolute Gasteiger partial charge is 0.310 e. The van der Waals surface area contributed by atoms with Crippen molar-refractivity contribution < 1.29 is 28.6 Å². The Kier molecular flexibility index (Phi) is 34.3. The molecule has 272 valence electrons. The summed E-state index contributed by atoms with van der Waals surface area (Å²) in [7, 11) is 0. The third-order valence-electron chi connectivity index (χ3n) is 7.52. The Hall–Kier alpha value is -3.15. The quantitative estimate of drug-likeness (QED) is 0.0307. The van der Waals surface area contributed by atoms with Gasteiger partial charge in [-0.15, -0.1) is 0 Å². The van der Waals surface area contributed by atoms with Crippen LogP contribution in [0, 0.1) is 0 Å². The molecule has 0 aromatic rings. The fourth-order valence-electron chi connectivity index (χ4n) is 4.74. The molecule has 0 aliphatic carbocycles. The van der Waals surface area contributed by atoms with Crippen molar-refractivity contribution in [1.82, 2.24) is 0 Å². The van der Waals surface area contributed by atoms with Crippen LogP contribution in [-0.4, -0.2) is 37.2 Å². The molecule has 6 heteroatoms. The number of esters is 3. The molecule has 6 nitrogen and oxygen atoms in total. The Morgan fingerprint density at radius 2 is 0.812 bits per heavy atom. The van der Waals surface area contributed by atoms with Gasteiger partial charge in [0.05, 0.1) is 12.8 Å². The second-order valence-electron chi connectivity index (χ2n) is 12.1. The lowest BCUT2D eigenvalue weighted by atomic mass is 10.0. The molecule has 0 saturated carbocycles. The standard InChI is InChI=1S/C42H68O6/c1-4-7-10-13-16-19-20-21-24-26-29-32-35-41(44)47-38-39(48-42(45)36-33-30-27-23-18-15-12-9-6-3)37-46-40(43)34-31-28-25-22-17-14-11-8-5-2/h8-9,11-12,17-18,22-23,28,30-31,33,39H,4-7,10,13-16,19-21,24-27,29,32,34-38H2,1-3H3/b11-8-,12-9-,22-17-,23-18-,31-28-,33-30-. The minimum atomic E-state index is -0.853. The van der Waals surface area contributed by atoms with Gasteiger partial charge in [0.25, 0.3) is 0 Å². The lowest BCUT2D eigenvalue weighted by Gasteiger charge is -2.17. The maximum absolute atomic E-state index is 12.5. The van der Waals surface area contributed by atoms with E-state index in [0.29, 0.717) is 6.42 Å². The lowest BCUT2D eigenvalue weighted by molar-refractivity contribution is -0.166. The molecular weight excluding hydrogens is 600 g/mol. The summed E-state index contributed by atoms with van der Waals surface area (Å²) in [6, 6.07) is 0. The number of hydrogen-bond donors (Lipinski definition) is 0. The molecule has 0 rings (SSSR count). The molecule has 1 atom stereocenters. The molecule has 0 aromatic carbocycles. The van der Waals surface area contributed by atoms with Crippen molar-refractivity contribution in [2.24, 2.45) is 0 Å². The highest BCUT2D eigenvalue weighted by molar-refractivity contribution is 5.72. The summed E-state index contributed by atoms with van der Waals surface area (Å²) in [6.07, 6.45) is 43.9. The molecule has 0 aromatic heterocycles. The monoisotopic (exact) mass is 669 g/mol. The largest absolute Gasteiger partial charge is 0.462 e. The molecule has 0 aliphatic heterocycles. The minimum Gasteiger partial charge on any atom is -0.462 e. The van der Waals surface area contributed by atoms with E-state index in [0.717, 1.165) is 57.8 Å². The zero-order chi connectivity index (χ0) is 35.2. The van der Waals surface area contributed by atoms with Crippen LogP contribution in [0.4, 0.5) is 0 Å². The molecule has 0 saturated heterocycles. The number of allylic oxidation sites excluding steroid dienone is 10. The van der Waals surface area contributed by atoms with Crippen LogP contribution >= 0.6 is 0 Å². The van der Waals surface area contributed by atoms with Gasteiger partial charge in [-0.1, -0.05) is 164 Å². The van der Waals surface area contributed by atoms with Crippen LogP contribution < -0.4 is 0 Å². The van der Waals surface area contributed by atoms with Crippen LogP contribution in [0.25, 0.3) is 0 Å². The van der Waals surface area contributed by atoms with Gasteiger partial charge in [-0.2, -0.15) is 0 Å². The zero-order valence-electron chi connectivity index (χ0n) is 30.7. The average Bonchev–Trinajstić information content (AvgIpc) is 3.08. The molecule has 0 amide bonds. The number of carbonyl (C=O) groups excluding carboxylic acids is 3. The van der Waals surface area contributed by atoms with Gasteiger partial charge >= 0.3 is 17.9 Å². The van der Waals surface area contributed by atoms with E-state index < -0.39 is 18.0 Å². The van der Waals surface area contributed by atoms with Crippen LogP contribution in [-0.2, 0) is 28.6 Å². The van der Waals surface area contributed by atoms with E-state index in [4.69, 9.17) is 14.2 Å². The maximum Gasteiger partial charge on any atom is 0.310 e. The van der Waals surface area contributed by atoms with E-state index in [9.17, 15) is 14.4 Å². The molecule has 0 radical (unpaired) electrons. The first kappa shape index (κ1) is 44.9. The highest BCUT2D eigenvalue weighted by atomic mass is 16.6. The van der Waals surface area contributed by atoms with Crippen LogP contribution in [0.5, 0.6) is 0 Å². The van der Waals surface area contributed by atoms with Gasteiger partial charge in [-0.05, 0) is 44.9 Å². The Labute approximate surface area is 293 Å². The lowest BCUT2D eigenvalue weighted by Crippen LogP contribution is -2.30. The average molecular weight is 669 g/mol. The summed E-state index contributed by atoms with van der Waals surface area (Å²) in [5.74, 6) is -1.21. The molecule has 0 aliphatic rings. The molecule has 0 fully saturated rings. The van der Waals surface area contributed by atoms with E-state index in [1.54, 1.807) is 12.2 Å². The molecule has 0 heterocycles.